The van der Waals surface area contributed by atoms with E-state index >= 15 is 0 Å². The average molecular weight is 396 g/mol. The van der Waals surface area contributed by atoms with Crippen molar-refractivity contribution in [2.75, 3.05) is 31.1 Å². The van der Waals surface area contributed by atoms with E-state index < -0.39 is 0 Å². The van der Waals surface area contributed by atoms with Crippen molar-refractivity contribution in [1.82, 2.24) is 14.9 Å². The van der Waals surface area contributed by atoms with Gasteiger partial charge in [-0.25, -0.2) is 0 Å². The maximum absolute atomic E-state index is 11.1. The van der Waals surface area contributed by atoms with Gasteiger partial charge in [-0.05, 0) is 30.3 Å². The van der Waals surface area contributed by atoms with Crippen LogP contribution in [-0.2, 0) is 0 Å². The molecule has 5 heteroatoms. The van der Waals surface area contributed by atoms with Gasteiger partial charge in [-0.1, -0.05) is 42.5 Å². The number of anilines is 1. The largest absolute Gasteiger partial charge is 0.505 e. The summed E-state index contributed by atoms with van der Waals surface area (Å²) in [4.78, 5) is 13.9. The Labute approximate surface area is 176 Å². The molecule has 1 aliphatic rings. The van der Waals surface area contributed by atoms with E-state index in [1.165, 1.54) is 5.69 Å². The number of phenols is 1. The lowest BCUT2D eigenvalue weighted by Crippen LogP contribution is -2.48. The second kappa shape index (κ2) is 8.13. The molecule has 1 fully saturated rings. The lowest BCUT2D eigenvalue weighted by atomic mass is 9.97. The van der Waals surface area contributed by atoms with E-state index in [2.05, 4.69) is 44.0 Å². The van der Waals surface area contributed by atoms with Crippen LogP contribution in [0.2, 0.25) is 0 Å². The first-order valence-electron chi connectivity index (χ1n) is 10.3. The van der Waals surface area contributed by atoms with Crippen LogP contribution >= 0.6 is 0 Å². The quantitative estimate of drug-likeness (QED) is 0.559. The predicted octanol–water partition coefficient (Wildman–Crippen LogP) is 4.25. The molecule has 150 valence electrons. The van der Waals surface area contributed by atoms with Gasteiger partial charge in [-0.3, -0.25) is 14.9 Å². The molecule has 1 saturated heterocycles. The molecule has 30 heavy (non-hydrogen) atoms. The zero-order valence-electron chi connectivity index (χ0n) is 16.7. The average Bonchev–Trinajstić information content (AvgIpc) is 2.83. The molecule has 2 aromatic heterocycles. The maximum Gasteiger partial charge on any atom is 0.146 e. The Kier molecular flexibility index (Phi) is 5.03. The van der Waals surface area contributed by atoms with Gasteiger partial charge in [-0.2, -0.15) is 0 Å². The SMILES string of the molecule is Oc1c(C(c2ccccn2)N2CCN(c3ccccc3)CC2)ccc2cccnc12. The fourth-order valence-electron chi connectivity index (χ4n) is 4.32. The number of benzene rings is 2. The second-order valence-electron chi connectivity index (χ2n) is 7.59. The number of hydrogen-bond acceptors (Lipinski definition) is 5. The molecule has 0 spiro atoms. The highest BCUT2D eigenvalue weighted by Gasteiger charge is 2.30. The number of aromatic hydroxyl groups is 1. The molecule has 0 radical (unpaired) electrons. The topological polar surface area (TPSA) is 52.5 Å². The van der Waals surface area contributed by atoms with Crippen LogP contribution in [0.25, 0.3) is 10.9 Å². The summed E-state index contributed by atoms with van der Waals surface area (Å²) in [6, 6.07) is 24.3. The fourth-order valence-corrected chi connectivity index (χ4v) is 4.32. The van der Waals surface area contributed by atoms with Crippen molar-refractivity contribution in [2.24, 2.45) is 0 Å². The number of para-hydroxylation sites is 1. The molecule has 4 aromatic rings. The number of pyridine rings is 2. The monoisotopic (exact) mass is 396 g/mol. The Morgan fingerprint density at radius 1 is 0.733 bits per heavy atom. The summed E-state index contributed by atoms with van der Waals surface area (Å²) in [6.45, 7) is 3.63. The van der Waals surface area contributed by atoms with Crippen molar-refractivity contribution in [3.63, 3.8) is 0 Å². The van der Waals surface area contributed by atoms with Crippen molar-refractivity contribution in [2.45, 2.75) is 6.04 Å². The molecular formula is C25H24N4O. The number of fused-ring (bicyclic) bond motifs is 1. The molecule has 0 bridgehead atoms. The first-order valence-corrected chi connectivity index (χ1v) is 10.3. The van der Waals surface area contributed by atoms with Crippen LogP contribution in [0.1, 0.15) is 17.3 Å². The van der Waals surface area contributed by atoms with Gasteiger partial charge < -0.3 is 10.0 Å². The van der Waals surface area contributed by atoms with Crippen molar-refractivity contribution in [1.29, 1.82) is 0 Å². The first-order chi connectivity index (χ1) is 14.8. The minimum atomic E-state index is -0.115. The molecule has 3 heterocycles. The van der Waals surface area contributed by atoms with E-state index in [4.69, 9.17) is 0 Å². The fraction of sp³-hybridized carbons (Fsp3) is 0.200. The van der Waals surface area contributed by atoms with Crippen molar-refractivity contribution in [3.05, 3.63) is 96.4 Å². The van der Waals surface area contributed by atoms with Crippen LogP contribution < -0.4 is 4.90 Å². The van der Waals surface area contributed by atoms with E-state index in [0.717, 1.165) is 42.8 Å². The third-order valence-electron chi connectivity index (χ3n) is 5.84. The van der Waals surface area contributed by atoms with Gasteiger partial charge in [0.15, 0.2) is 0 Å². The van der Waals surface area contributed by atoms with Gasteiger partial charge in [0.05, 0.1) is 11.7 Å². The Hall–Kier alpha value is -3.44. The van der Waals surface area contributed by atoms with Crippen LogP contribution in [0.15, 0.2) is 85.2 Å². The standard InChI is InChI=1S/C25H24N4O/c30-25-21(12-11-19-7-6-14-27-23(19)25)24(22-10-4-5-13-26-22)29-17-15-28(16-18-29)20-8-2-1-3-9-20/h1-14,24,30H,15-18H2. The van der Waals surface area contributed by atoms with Gasteiger partial charge >= 0.3 is 0 Å². The zero-order chi connectivity index (χ0) is 20.3. The van der Waals surface area contributed by atoms with Crippen LogP contribution in [0.3, 0.4) is 0 Å². The summed E-state index contributed by atoms with van der Waals surface area (Å²) in [6.07, 6.45) is 3.54. The number of piperazine rings is 1. The number of hydrogen-bond donors (Lipinski definition) is 1. The van der Waals surface area contributed by atoms with E-state index in [9.17, 15) is 5.11 Å². The van der Waals surface area contributed by atoms with Crippen LogP contribution in [0.4, 0.5) is 5.69 Å². The van der Waals surface area contributed by atoms with E-state index in [0.29, 0.717) is 5.52 Å². The minimum absolute atomic E-state index is 0.115. The molecule has 2 aromatic carbocycles. The zero-order valence-corrected chi connectivity index (χ0v) is 16.7. The third-order valence-corrected chi connectivity index (χ3v) is 5.84. The summed E-state index contributed by atoms with van der Waals surface area (Å²) in [5, 5.41) is 12.1. The summed E-state index contributed by atoms with van der Waals surface area (Å²) < 4.78 is 0. The highest BCUT2D eigenvalue weighted by Crippen LogP contribution is 2.37. The van der Waals surface area contributed by atoms with Gasteiger partial charge in [0.2, 0.25) is 0 Å². The Morgan fingerprint density at radius 3 is 2.27 bits per heavy atom. The Morgan fingerprint density at radius 2 is 1.50 bits per heavy atom. The van der Waals surface area contributed by atoms with Crippen molar-refractivity contribution < 1.29 is 5.11 Å². The summed E-state index contributed by atoms with van der Waals surface area (Å²) in [7, 11) is 0. The van der Waals surface area contributed by atoms with Crippen LogP contribution in [0, 0.1) is 0 Å². The van der Waals surface area contributed by atoms with Crippen LogP contribution in [0.5, 0.6) is 5.75 Å². The number of rotatable bonds is 4. The summed E-state index contributed by atoms with van der Waals surface area (Å²) >= 11 is 0. The minimum Gasteiger partial charge on any atom is -0.505 e. The maximum atomic E-state index is 11.1. The van der Waals surface area contributed by atoms with Gasteiger partial charge in [0, 0.05) is 55.2 Å². The molecule has 5 nitrogen and oxygen atoms in total. The molecule has 0 saturated carbocycles. The molecular weight excluding hydrogens is 372 g/mol. The Bertz CT molecular complexity index is 1130. The molecule has 0 aliphatic carbocycles. The lowest BCUT2D eigenvalue weighted by Gasteiger charge is -2.40. The van der Waals surface area contributed by atoms with Gasteiger partial charge in [0.25, 0.3) is 0 Å². The third kappa shape index (κ3) is 3.48. The predicted molar refractivity (Wildman–Crippen MR) is 120 cm³/mol. The number of nitrogens with zero attached hydrogens (tertiary/aromatic N) is 4. The van der Waals surface area contributed by atoms with Crippen molar-refractivity contribution >= 4 is 16.6 Å². The van der Waals surface area contributed by atoms with Gasteiger partial charge in [-0.15, -0.1) is 0 Å². The Balaban J connectivity index is 1.49. The second-order valence-corrected chi connectivity index (χ2v) is 7.59. The molecule has 1 N–H and O–H groups in total. The molecule has 0 amide bonds. The van der Waals surface area contributed by atoms with E-state index in [1.807, 2.05) is 54.7 Å². The normalized spacial score (nSPS) is 15.9. The molecule has 1 aliphatic heterocycles. The highest BCUT2D eigenvalue weighted by atomic mass is 16.3. The van der Waals surface area contributed by atoms with Crippen molar-refractivity contribution in [3.8, 4) is 5.75 Å². The summed E-state index contributed by atoms with van der Waals surface area (Å²) in [5.74, 6) is 0.245. The smallest absolute Gasteiger partial charge is 0.146 e. The van der Waals surface area contributed by atoms with Crippen LogP contribution in [-0.4, -0.2) is 46.2 Å². The molecule has 1 atom stereocenters. The van der Waals surface area contributed by atoms with E-state index in [1.54, 1.807) is 6.20 Å². The first kappa shape index (κ1) is 18.6. The number of aromatic nitrogens is 2. The highest BCUT2D eigenvalue weighted by molar-refractivity contribution is 5.85. The lowest BCUT2D eigenvalue weighted by molar-refractivity contribution is 0.206. The summed E-state index contributed by atoms with van der Waals surface area (Å²) in [5.41, 5.74) is 3.69. The molecule has 1 unspecified atom stereocenters. The van der Waals surface area contributed by atoms with Gasteiger partial charge in [0.1, 0.15) is 11.3 Å². The molecule has 5 rings (SSSR count). The number of phenolic OH excluding ortho intramolecular Hbond substituents is 1. The van der Waals surface area contributed by atoms with E-state index in [-0.39, 0.29) is 11.8 Å².